The number of aliphatic hydroxyl groups is 1. The largest absolute Gasteiger partial charge is 0.478 e. The number of carboxylic acids is 1. The van der Waals surface area contributed by atoms with E-state index >= 15 is 0 Å². The lowest BCUT2D eigenvalue weighted by molar-refractivity contribution is 0.0698. The van der Waals surface area contributed by atoms with E-state index in [1.165, 1.54) is 6.07 Å². The van der Waals surface area contributed by atoms with Gasteiger partial charge in [-0.3, -0.25) is 0 Å². The van der Waals surface area contributed by atoms with E-state index in [-0.39, 0.29) is 17.2 Å². The van der Waals surface area contributed by atoms with Crippen molar-refractivity contribution in [1.29, 1.82) is 0 Å². The zero-order valence-corrected chi connectivity index (χ0v) is 10.6. The van der Waals surface area contributed by atoms with Gasteiger partial charge in [0.25, 0.3) is 0 Å². The van der Waals surface area contributed by atoms with Crippen LogP contribution in [0, 0.1) is 0 Å². The molecule has 0 radical (unpaired) electrons. The van der Waals surface area contributed by atoms with Crippen molar-refractivity contribution >= 4 is 23.3 Å². The van der Waals surface area contributed by atoms with Gasteiger partial charge in [-0.1, -0.05) is 17.7 Å². The summed E-state index contributed by atoms with van der Waals surface area (Å²) in [5.41, 5.74) is 0.118. The standard InChI is InChI=1S/C12H16ClNO3/c1-12(2,6-7-15)14-9-5-3-4-8(13)10(9)11(16)17/h3-5,14-15H,6-7H2,1-2H3,(H,16,17). The molecular weight excluding hydrogens is 242 g/mol. The van der Waals surface area contributed by atoms with Crippen molar-refractivity contribution in [3.8, 4) is 0 Å². The van der Waals surface area contributed by atoms with Gasteiger partial charge in [0.1, 0.15) is 5.56 Å². The third-order valence-corrected chi connectivity index (χ3v) is 2.75. The van der Waals surface area contributed by atoms with Crippen LogP contribution >= 0.6 is 11.6 Å². The van der Waals surface area contributed by atoms with Crippen LogP contribution in [0.4, 0.5) is 5.69 Å². The minimum absolute atomic E-state index is 0.0307. The fraction of sp³-hybridized carbons (Fsp3) is 0.417. The SMILES string of the molecule is CC(C)(CCO)Nc1cccc(Cl)c1C(=O)O. The van der Waals surface area contributed by atoms with Crippen molar-refractivity contribution in [2.75, 3.05) is 11.9 Å². The highest BCUT2D eigenvalue weighted by Crippen LogP contribution is 2.27. The van der Waals surface area contributed by atoms with Crippen molar-refractivity contribution in [2.45, 2.75) is 25.8 Å². The van der Waals surface area contributed by atoms with Gasteiger partial charge in [-0.25, -0.2) is 4.79 Å². The maximum Gasteiger partial charge on any atom is 0.339 e. The van der Waals surface area contributed by atoms with Gasteiger partial charge in [0.05, 0.1) is 10.7 Å². The fourth-order valence-electron chi connectivity index (χ4n) is 1.55. The average Bonchev–Trinajstić information content (AvgIpc) is 2.15. The second-order valence-corrected chi connectivity index (χ2v) is 4.86. The maximum atomic E-state index is 11.1. The number of benzene rings is 1. The Morgan fingerprint density at radius 1 is 1.47 bits per heavy atom. The minimum Gasteiger partial charge on any atom is -0.478 e. The summed E-state index contributed by atoms with van der Waals surface area (Å²) in [5.74, 6) is -1.07. The fourth-order valence-corrected chi connectivity index (χ4v) is 1.81. The van der Waals surface area contributed by atoms with Gasteiger partial charge >= 0.3 is 5.97 Å². The van der Waals surface area contributed by atoms with Crippen molar-refractivity contribution in [2.24, 2.45) is 0 Å². The number of aliphatic hydroxyl groups excluding tert-OH is 1. The number of nitrogens with one attached hydrogen (secondary N) is 1. The lowest BCUT2D eigenvalue weighted by Gasteiger charge is -2.27. The minimum atomic E-state index is -1.07. The first-order chi connectivity index (χ1) is 7.87. The molecule has 1 aromatic carbocycles. The summed E-state index contributed by atoms with van der Waals surface area (Å²) in [6, 6.07) is 4.88. The molecular formula is C12H16ClNO3. The Hall–Kier alpha value is -1.26. The van der Waals surface area contributed by atoms with E-state index in [0.717, 1.165) is 0 Å². The third kappa shape index (κ3) is 3.61. The summed E-state index contributed by atoms with van der Waals surface area (Å²) in [6.07, 6.45) is 0.512. The lowest BCUT2D eigenvalue weighted by atomic mass is 10.00. The molecule has 17 heavy (non-hydrogen) atoms. The highest BCUT2D eigenvalue weighted by Gasteiger charge is 2.21. The number of carbonyl (C=O) groups is 1. The van der Waals surface area contributed by atoms with Crippen molar-refractivity contribution in [1.82, 2.24) is 0 Å². The molecule has 0 bridgehead atoms. The molecule has 0 unspecified atom stereocenters. The normalized spacial score (nSPS) is 11.3. The molecule has 0 heterocycles. The summed E-state index contributed by atoms with van der Waals surface area (Å²) in [6.45, 7) is 3.80. The summed E-state index contributed by atoms with van der Waals surface area (Å²) in [5, 5.41) is 21.3. The monoisotopic (exact) mass is 257 g/mol. The molecule has 1 rings (SSSR count). The predicted molar refractivity (Wildman–Crippen MR) is 67.8 cm³/mol. The number of hydrogen-bond donors (Lipinski definition) is 3. The third-order valence-electron chi connectivity index (χ3n) is 2.44. The summed E-state index contributed by atoms with van der Waals surface area (Å²) in [7, 11) is 0. The summed E-state index contributed by atoms with van der Waals surface area (Å²) < 4.78 is 0. The highest BCUT2D eigenvalue weighted by atomic mass is 35.5. The van der Waals surface area contributed by atoms with Crippen LogP contribution in [0.2, 0.25) is 5.02 Å². The van der Waals surface area contributed by atoms with E-state index in [1.54, 1.807) is 12.1 Å². The summed E-state index contributed by atoms with van der Waals surface area (Å²) >= 11 is 5.86. The Morgan fingerprint density at radius 2 is 2.12 bits per heavy atom. The van der Waals surface area contributed by atoms with Crippen molar-refractivity contribution in [3.05, 3.63) is 28.8 Å². The van der Waals surface area contributed by atoms with E-state index < -0.39 is 11.5 Å². The molecule has 4 nitrogen and oxygen atoms in total. The molecule has 0 aliphatic rings. The van der Waals surface area contributed by atoms with Gasteiger partial charge in [-0.2, -0.15) is 0 Å². The Balaban J connectivity index is 3.06. The molecule has 0 aromatic heterocycles. The van der Waals surface area contributed by atoms with Gasteiger partial charge in [0, 0.05) is 12.1 Å². The molecule has 3 N–H and O–H groups in total. The topological polar surface area (TPSA) is 69.6 Å². The van der Waals surface area contributed by atoms with E-state index in [1.807, 2.05) is 13.8 Å². The zero-order valence-electron chi connectivity index (χ0n) is 9.83. The molecule has 0 atom stereocenters. The van der Waals surface area contributed by atoms with Crippen LogP contribution in [0.25, 0.3) is 0 Å². The quantitative estimate of drug-likeness (QED) is 0.758. The molecule has 0 aliphatic carbocycles. The zero-order chi connectivity index (χ0) is 13.1. The summed E-state index contributed by atoms with van der Waals surface area (Å²) in [4.78, 5) is 11.1. The van der Waals surface area contributed by atoms with E-state index in [4.69, 9.17) is 21.8 Å². The molecule has 94 valence electrons. The van der Waals surface area contributed by atoms with Gasteiger partial charge in [-0.15, -0.1) is 0 Å². The second kappa shape index (κ2) is 5.38. The second-order valence-electron chi connectivity index (χ2n) is 4.45. The maximum absolute atomic E-state index is 11.1. The molecule has 0 saturated heterocycles. The molecule has 0 aliphatic heterocycles. The molecule has 1 aromatic rings. The molecule has 0 saturated carbocycles. The highest BCUT2D eigenvalue weighted by molar-refractivity contribution is 6.34. The van der Waals surface area contributed by atoms with E-state index in [0.29, 0.717) is 12.1 Å². The lowest BCUT2D eigenvalue weighted by Crippen LogP contribution is -2.32. The van der Waals surface area contributed by atoms with Crippen LogP contribution in [0.5, 0.6) is 0 Å². The smallest absolute Gasteiger partial charge is 0.339 e. The van der Waals surface area contributed by atoms with Crippen molar-refractivity contribution < 1.29 is 15.0 Å². The van der Waals surface area contributed by atoms with Crippen LogP contribution in [-0.2, 0) is 0 Å². The van der Waals surface area contributed by atoms with Gasteiger partial charge in [0.15, 0.2) is 0 Å². The Kier molecular flexibility index (Phi) is 4.37. The number of anilines is 1. The Labute approximate surface area is 105 Å². The molecule has 5 heteroatoms. The van der Waals surface area contributed by atoms with E-state index in [2.05, 4.69) is 5.32 Å². The molecule has 0 amide bonds. The van der Waals surface area contributed by atoms with Gasteiger partial charge in [0.2, 0.25) is 0 Å². The Morgan fingerprint density at radius 3 is 2.65 bits per heavy atom. The first-order valence-electron chi connectivity index (χ1n) is 5.28. The van der Waals surface area contributed by atoms with Crippen LogP contribution in [-0.4, -0.2) is 28.3 Å². The predicted octanol–water partition coefficient (Wildman–Crippen LogP) is 2.61. The van der Waals surface area contributed by atoms with Crippen LogP contribution in [0.15, 0.2) is 18.2 Å². The van der Waals surface area contributed by atoms with Gasteiger partial charge < -0.3 is 15.5 Å². The first kappa shape index (κ1) is 13.8. The number of halogens is 1. The van der Waals surface area contributed by atoms with Crippen LogP contribution in [0.1, 0.15) is 30.6 Å². The number of aromatic carboxylic acids is 1. The van der Waals surface area contributed by atoms with Crippen molar-refractivity contribution in [3.63, 3.8) is 0 Å². The van der Waals surface area contributed by atoms with Crippen LogP contribution < -0.4 is 5.32 Å². The Bertz CT molecular complexity index is 418. The molecule has 0 fully saturated rings. The average molecular weight is 258 g/mol. The first-order valence-corrected chi connectivity index (χ1v) is 5.66. The van der Waals surface area contributed by atoms with E-state index in [9.17, 15) is 4.79 Å². The number of rotatable bonds is 5. The number of hydrogen-bond acceptors (Lipinski definition) is 3. The number of carboxylic acid groups (broad SMARTS) is 1. The van der Waals surface area contributed by atoms with Gasteiger partial charge in [-0.05, 0) is 32.4 Å². The molecule has 0 spiro atoms. The van der Waals surface area contributed by atoms with Crippen LogP contribution in [0.3, 0.4) is 0 Å².